The van der Waals surface area contributed by atoms with Crippen LogP contribution in [0.5, 0.6) is 0 Å². The molecule has 0 atom stereocenters. The van der Waals surface area contributed by atoms with E-state index in [-0.39, 0.29) is 48.1 Å². The molecule has 0 unspecified atom stereocenters. The van der Waals surface area contributed by atoms with Gasteiger partial charge in [0.05, 0.1) is 22.0 Å². The van der Waals surface area contributed by atoms with E-state index in [0.29, 0.717) is 0 Å². The van der Waals surface area contributed by atoms with E-state index in [2.05, 4.69) is 0 Å². The number of carbonyl (C=O) groups is 1. The lowest BCUT2D eigenvalue weighted by Gasteiger charge is -2.28. The van der Waals surface area contributed by atoms with Crippen LogP contribution >= 0.6 is 12.4 Å². The number of hydrogen-bond donors (Lipinski definition) is 1. The number of nitrogens with zero attached hydrogens (tertiary/aromatic N) is 2. The maximum atomic E-state index is 12.9. The van der Waals surface area contributed by atoms with Gasteiger partial charge in [-0.1, -0.05) is 13.8 Å². The van der Waals surface area contributed by atoms with Gasteiger partial charge in [0.1, 0.15) is 0 Å². The van der Waals surface area contributed by atoms with Gasteiger partial charge in [-0.15, -0.1) is 12.4 Å². The molecule has 0 heterocycles. The number of ether oxygens (including phenoxy) is 1. The third kappa shape index (κ3) is 5.86. The summed E-state index contributed by atoms with van der Waals surface area (Å²) >= 11 is 0. The summed E-state index contributed by atoms with van der Waals surface area (Å²) in [6, 6.07) is 2.07. The van der Waals surface area contributed by atoms with Crippen molar-refractivity contribution in [3.05, 3.63) is 33.4 Å². The van der Waals surface area contributed by atoms with Gasteiger partial charge >= 0.3 is 5.97 Å². The molecular formula is C16H26ClN3O6S. The number of sulfonamides is 1. The predicted octanol–water partition coefficient (Wildman–Crippen LogP) is 2.11. The molecule has 0 radical (unpaired) electrons. The lowest BCUT2D eigenvalue weighted by Crippen LogP contribution is -2.39. The molecular weight excluding hydrogens is 398 g/mol. The van der Waals surface area contributed by atoms with Crippen LogP contribution in [0.25, 0.3) is 0 Å². The minimum atomic E-state index is -4.06. The summed E-state index contributed by atoms with van der Waals surface area (Å²) < 4.78 is 31.7. The van der Waals surface area contributed by atoms with Crippen molar-refractivity contribution in [1.82, 2.24) is 4.31 Å². The Bertz CT molecular complexity index is 811. The Morgan fingerprint density at radius 3 is 2.37 bits per heavy atom. The first kappa shape index (κ1) is 25.2. The van der Waals surface area contributed by atoms with Crippen molar-refractivity contribution in [2.45, 2.75) is 32.6 Å². The molecule has 0 saturated heterocycles. The van der Waals surface area contributed by atoms with Crippen molar-refractivity contribution in [1.29, 1.82) is 0 Å². The van der Waals surface area contributed by atoms with Gasteiger partial charge in [0.2, 0.25) is 10.0 Å². The molecule has 27 heavy (non-hydrogen) atoms. The van der Waals surface area contributed by atoms with Crippen LogP contribution in [0.2, 0.25) is 0 Å². The van der Waals surface area contributed by atoms with Gasteiger partial charge in [0, 0.05) is 25.2 Å². The molecule has 11 heteroatoms. The lowest BCUT2D eigenvalue weighted by molar-refractivity contribution is -0.385. The van der Waals surface area contributed by atoms with E-state index in [4.69, 9.17) is 10.5 Å². The molecule has 1 aromatic carbocycles. The van der Waals surface area contributed by atoms with Crippen molar-refractivity contribution in [2.24, 2.45) is 11.1 Å². The molecule has 0 aliphatic carbocycles. The number of nitro groups is 1. The summed E-state index contributed by atoms with van der Waals surface area (Å²) in [7, 11) is -2.70. The zero-order valence-electron chi connectivity index (χ0n) is 16.0. The highest BCUT2D eigenvalue weighted by atomic mass is 35.5. The molecule has 0 aliphatic heterocycles. The monoisotopic (exact) mass is 423 g/mol. The second kappa shape index (κ2) is 9.45. The Hall–Kier alpha value is -1.75. The van der Waals surface area contributed by atoms with E-state index in [1.165, 1.54) is 14.0 Å². The Balaban J connectivity index is 0.00000676. The molecule has 0 aliphatic rings. The smallest absolute Gasteiger partial charge is 0.338 e. The number of nitrogens with two attached hydrogens (primary N) is 1. The van der Waals surface area contributed by atoms with Gasteiger partial charge < -0.3 is 10.5 Å². The van der Waals surface area contributed by atoms with Crippen LogP contribution in [0.3, 0.4) is 0 Å². The standard InChI is InChI=1S/C16H25N3O6S.ClH/c1-6-25-15(20)13-7-12(8-14(11(13)2)19(21)22)26(23,24)18(5)10-16(3,4)9-17;/h7-8H,6,9-10,17H2,1-5H3;1H. The summed E-state index contributed by atoms with van der Waals surface area (Å²) in [5.74, 6) is -0.810. The number of nitro benzene ring substituents is 1. The maximum Gasteiger partial charge on any atom is 0.338 e. The van der Waals surface area contributed by atoms with Crippen LogP contribution in [0.15, 0.2) is 17.0 Å². The van der Waals surface area contributed by atoms with Crippen molar-refractivity contribution < 1.29 is 22.9 Å². The summed E-state index contributed by atoms with van der Waals surface area (Å²) in [4.78, 5) is 22.3. The third-order valence-electron chi connectivity index (χ3n) is 3.96. The highest BCUT2D eigenvalue weighted by Gasteiger charge is 2.31. The van der Waals surface area contributed by atoms with Gasteiger partial charge in [-0.2, -0.15) is 0 Å². The first-order chi connectivity index (χ1) is 11.9. The molecule has 0 spiro atoms. The van der Waals surface area contributed by atoms with Crippen LogP contribution in [-0.2, 0) is 14.8 Å². The van der Waals surface area contributed by atoms with E-state index in [0.717, 1.165) is 16.4 Å². The molecule has 1 rings (SSSR count). The fraction of sp³-hybridized carbons (Fsp3) is 0.562. The topological polar surface area (TPSA) is 133 Å². The quantitative estimate of drug-likeness (QED) is 0.384. The number of carbonyl (C=O) groups excluding carboxylic acids is 1. The summed E-state index contributed by atoms with van der Waals surface area (Å²) in [6.45, 7) is 7.01. The zero-order chi connectivity index (χ0) is 20.3. The maximum absolute atomic E-state index is 12.9. The van der Waals surface area contributed by atoms with Gasteiger partial charge in [0.25, 0.3) is 5.69 Å². The van der Waals surface area contributed by atoms with Gasteiger partial charge in [0.15, 0.2) is 0 Å². The third-order valence-corrected chi connectivity index (χ3v) is 5.74. The minimum Gasteiger partial charge on any atom is -0.462 e. The normalized spacial score (nSPS) is 11.8. The average Bonchev–Trinajstić information content (AvgIpc) is 2.54. The van der Waals surface area contributed by atoms with E-state index in [1.807, 2.05) is 0 Å². The minimum absolute atomic E-state index is 0. The van der Waals surface area contributed by atoms with Gasteiger partial charge in [-0.05, 0) is 31.9 Å². The highest BCUT2D eigenvalue weighted by Crippen LogP contribution is 2.29. The second-order valence-electron chi connectivity index (χ2n) is 6.72. The Morgan fingerprint density at radius 2 is 1.93 bits per heavy atom. The van der Waals surface area contributed by atoms with Crippen LogP contribution in [0.1, 0.15) is 36.7 Å². The molecule has 0 fully saturated rings. The van der Waals surface area contributed by atoms with Crippen LogP contribution in [0.4, 0.5) is 5.69 Å². The Kier molecular flexibility index (Phi) is 8.83. The molecule has 0 saturated carbocycles. The SMILES string of the molecule is CCOC(=O)c1cc(S(=O)(=O)N(C)CC(C)(C)CN)cc([N+](=O)[O-])c1C.Cl. The summed E-state index contributed by atoms with van der Waals surface area (Å²) in [5, 5.41) is 11.3. The first-order valence-electron chi connectivity index (χ1n) is 8.00. The van der Waals surface area contributed by atoms with E-state index >= 15 is 0 Å². The highest BCUT2D eigenvalue weighted by molar-refractivity contribution is 7.89. The number of hydrogen-bond acceptors (Lipinski definition) is 7. The molecule has 0 amide bonds. The van der Waals surface area contributed by atoms with E-state index in [1.54, 1.807) is 20.8 Å². The fourth-order valence-corrected chi connectivity index (χ4v) is 3.77. The molecule has 0 bridgehead atoms. The molecule has 9 nitrogen and oxygen atoms in total. The average molecular weight is 424 g/mol. The molecule has 154 valence electrons. The van der Waals surface area contributed by atoms with E-state index in [9.17, 15) is 23.3 Å². The summed E-state index contributed by atoms with van der Waals surface area (Å²) in [6.07, 6.45) is 0. The van der Waals surface area contributed by atoms with Crippen LogP contribution < -0.4 is 5.73 Å². The predicted molar refractivity (Wildman–Crippen MR) is 104 cm³/mol. The molecule has 2 N–H and O–H groups in total. The fourth-order valence-electron chi connectivity index (χ4n) is 2.36. The number of halogens is 1. The van der Waals surface area contributed by atoms with Gasteiger partial charge in [-0.25, -0.2) is 17.5 Å². The van der Waals surface area contributed by atoms with Crippen LogP contribution in [0, 0.1) is 22.5 Å². The van der Waals surface area contributed by atoms with E-state index < -0.39 is 32.0 Å². The second-order valence-corrected chi connectivity index (χ2v) is 8.77. The molecule has 1 aromatic rings. The van der Waals surface area contributed by atoms with Crippen molar-refractivity contribution in [3.63, 3.8) is 0 Å². The summed E-state index contributed by atoms with van der Waals surface area (Å²) in [5.41, 5.74) is 4.61. The number of esters is 1. The Morgan fingerprint density at radius 1 is 1.37 bits per heavy atom. The van der Waals surface area contributed by atoms with Gasteiger partial charge in [-0.3, -0.25) is 10.1 Å². The number of rotatable bonds is 8. The van der Waals surface area contributed by atoms with Crippen molar-refractivity contribution in [2.75, 3.05) is 26.7 Å². The zero-order valence-corrected chi connectivity index (χ0v) is 17.6. The van der Waals surface area contributed by atoms with Crippen LogP contribution in [-0.4, -0.2) is 50.4 Å². The van der Waals surface area contributed by atoms with Crippen molar-refractivity contribution in [3.8, 4) is 0 Å². The Labute approximate surface area is 165 Å². The largest absolute Gasteiger partial charge is 0.462 e. The number of benzene rings is 1. The molecule has 0 aromatic heterocycles. The first-order valence-corrected chi connectivity index (χ1v) is 9.44. The van der Waals surface area contributed by atoms with Crippen molar-refractivity contribution >= 4 is 34.1 Å². The lowest BCUT2D eigenvalue weighted by atomic mass is 9.94.